The van der Waals surface area contributed by atoms with Gasteiger partial charge < -0.3 is 10.1 Å². The fourth-order valence-electron chi connectivity index (χ4n) is 4.11. The van der Waals surface area contributed by atoms with E-state index in [9.17, 15) is 21.6 Å². The van der Waals surface area contributed by atoms with Gasteiger partial charge in [-0.1, -0.05) is 30.6 Å². The van der Waals surface area contributed by atoms with Crippen molar-refractivity contribution in [1.82, 2.24) is 4.98 Å². The van der Waals surface area contributed by atoms with Gasteiger partial charge in [-0.05, 0) is 67.8 Å². The highest BCUT2D eigenvalue weighted by Crippen LogP contribution is 2.38. The lowest BCUT2D eigenvalue weighted by atomic mass is 9.96. The number of aromatic nitrogens is 1. The number of anilines is 2. The maximum atomic E-state index is 13.2. The van der Waals surface area contributed by atoms with Crippen molar-refractivity contribution in [3.05, 3.63) is 53.7 Å². The van der Waals surface area contributed by atoms with Crippen molar-refractivity contribution >= 4 is 32.2 Å². The van der Waals surface area contributed by atoms with Gasteiger partial charge in [0.25, 0.3) is 10.0 Å². The molecule has 0 atom stereocenters. The maximum absolute atomic E-state index is 13.2. The van der Waals surface area contributed by atoms with E-state index >= 15 is 0 Å². The van der Waals surface area contributed by atoms with Crippen molar-refractivity contribution in [1.29, 1.82) is 0 Å². The number of aryl methyl sites for hydroxylation is 1. The first-order valence-electron chi connectivity index (χ1n) is 11.2. The molecular formula is C24H26F3N3O3S2. The Hall–Kier alpha value is -2.79. The number of alkyl halides is 3. The van der Waals surface area contributed by atoms with Gasteiger partial charge in [-0.2, -0.15) is 13.2 Å². The number of rotatable bonds is 7. The second-order valence-corrected chi connectivity index (χ2v) is 11.1. The van der Waals surface area contributed by atoms with Gasteiger partial charge in [0.2, 0.25) is 0 Å². The first-order valence-corrected chi connectivity index (χ1v) is 13.5. The SMILES string of the molecule is COc1ccc(-c2sc(NC3CCCCC3)nc2C)cc1S(=O)(=O)Nc1ccc(C(F)(F)F)cc1. The van der Waals surface area contributed by atoms with Crippen LogP contribution >= 0.6 is 11.3 Å². The molecule has 0 saturated heterocycles. The van der Waals surface area contributed by atoms with Crippen molar-refractivity contribution in [2.45, 2.75) is 56.1 Å². The molecule has 35 heavy (non-hydrogen) atoms. The molecule has 11 heteroatoms. The first-order chi connectivity index (χ1) is 16.6. The standard InChI is InChI=1S/C24H26F3N3O3S2/c1-15-22(34-23(28-15)29-18-6-4-3-5-7-18)16-8-13-20(33-2)21(14-16)35(31,32)30-19-11-9-17(10-12-19)24(25,26)27/h8-14,18,30H,3-7H2,1-2H3,(H,28,29). The average molecular weight is 526 g/mol. The monoisotopic (exact) mass is 525 g/mol. The zero-order valence-corrected chi connectivity index (χ0v) is 20.9. The van der Waals surface area contributed by atoms with E-state index in [4.69, 9.17) is 4.74 Å². The summed E-state index contributed by atoms with van der Waals surface area (Å²) in [7, 11) is -2.79. The topological polar surface area (TPSA) is 80.3 Å². The van der Waals surface area contributed by atoms with E-state index in [1.165, 1.54) is 43.8 Å². The van der Waals surface area contributed by atoms with E-state index in [-0.39, 0.29) is 16.3 Å². The third-order valence-corrected chi connectivity index (χ3v) is 8.45. The van der Waals surface area contributed by atoms with E-state index in [1.807, 2.05) is 6.92 Å². The molecule has 1 aliphatic carbocycles. The Labute approximate surface area is 206 Å². The molecule has 1 heterocycles. The number of thiazole rings is 1. The maximum Gasteiger partial charge on any atom is 0.416 e. The minimum Gasteiger partial charge on any atom is -0.495 e. The molecule has 4 rings (SSSR count). The van der Waals surface area contributed by atoms with Gasteiger partial charge in [0.15, 0.2) is 5.13 Å². The van der Waals surface area contributed by atoms with Crippen LogP contribution in [-0.4, -0.2) is 26.6 Å². The summed E-state index contributed by atoms with van der Waals surface area (Å²) in [4.78, 5) is 5.34. The van der Waals surface area contributed by atoms with E-state index in [0.717, 1.165) is 52.8 Å². The first kappa shape index (κ1) is 25.3. The number of halogens is 3. The number of nitrogens with zero attached hydrogens (tertiary/aromatic N) is 1. The van der Waals surface area contributed by atoms with Gasteiger partial charge in [0.1, 0.15) is 10.6 Å². The molecule has 0 bridgehead atoms. The lowest BCUT2D eigenvalue weighted by Crippen LogP contribution is -2.21. The van der Waals surface area contributed by atoms with Gasteiger partial charge in [-0.15, -0.1) is 0 Å². The normalized spacial score (nSPS) is 15.1. The fourth-order valence-corrected chi connectivity index (χ4v) is 6.41. The van der Waals surface area contributed by atoms with Gasteiger partial charge in [0.05, 0.1) is 23.2 Å². The van der Waals surface area contributed by atoms with Gasteiger partial charge in [-0.25, -0.2) is 13.4 Å². The molecule has 0 amide bonds. The van der Waals surface area contributed by atoms with Crippen LogP contribution < -0.4 is 14.8 Å². The third kappa shape index (κ3) is 5.90. The molecule has 3 aromatic rings. The van der Waals surface area contributed by atoms with Crippen LogP contribution in [0.25, 0.3) is 10.4 Å². The average Bonchev–Trinajstić information content (AvgIpc) is 3.18. The molecule has 1 aliphatic rings. The zero-order chi connectivity index (χ0) is 25.2. The van der Waals surface area contributed by atoms with Crippen LogP contribution in [0.2, 0.25) is 0 Å². The number of hydrogen-bond acceptors (Lipinski definition) is 6. The van der Waals surface area contributed by atoms with Crippen molar-refractivity contribution in [2.75, 3.05) is 17.1 Å². The molecule has 0 spiro atoms. The number of hydrogen-bond donors (Lipinski definition) is 2. The molecular weight excluding hydrogens is 499 g/mol. The van der Waals surface area contributed by atoms with Gasteiger partial charge in [0, 0.05) is 11.7 Å². The molecule has 188 valence electrons. The Morgan fingerprint density at radius 3 is 2.37 bits per heavy atom. The molecule has 2 aromatic carbocycles. The molecule has 1 aromatic heterocycles. The molecule has 0 aliphatic heterocycles. The Morgan fingerprint density at radius 1 is 1.06 bits per heavy atom. The highest BCUT2D eigenvalue weighted by Gasteiger charge is 2.30. The summed E-state index contributed by atoms with van der Waals surface area (Å²) < 4.78 is 72.4. The smallest absolute Gasteiger partial charge is 0.416 e. The van der Waals surface area contributed by atoms with E-state index in [0.29, 0.717) is 11.6 Å². The largest absolute Gasteiger partial charge is 0.495 e. The zero-order valence-electron chi connectivity index (χ0n) is 19.3. The Kier molecular flexibility index (Phi) is 7.27. The van der Waals surface area contributed by atoms with E-state index in [1.54, 1.807) is 12.1 Å². The van der Waals surface area contributed by atoms with Crippen molar-refractivity contribution in [3.63, 3.8) is 0 Å². The predicted octanol–water partition coefficient (Wildman–Crippen LogP) is 6.69. The van der Waals surface area contributed by atoms with Crippen LogP contribution in [0, 0.1) is 6.92 Å². The van der Waals surface area contributed by atoms with E-state index in [2.05, 4.69) is 15.0 Å². The minimum atomic E-state index is -4.51. The predicted molar refractivity (Wildman–Crippen MR) is 132 cm³/mol. The molecule has 1 fully saturated rings. The second kappa shape index (κ2) is 10.1. The minimum absolute atomic E-state index is 0.0124. The van der Waals surface area contributed by atoms with Crippen molar-refractivity contribution in [2.24, 2.45) is 0 Å². The lowest BCUT2D eigenvalue weighted by molar-refractivity contribution is -0.137. The van der Waals surface area contributed by atoms with Crippen LogP contribution in [0.15, 0.2) is 47.4 Å². The second-order valence-electron chi connectivity index (χ2n) is 8.46. The summed E-state index contributed by atoms with van der Waals surface area (Å²) in [5, 5.41) is 4.30. The van der Waals surface area contributed by atoms with Crippen LogP contribution in [0.3, 0.4) is 0 Å². The summed E-state index contributed by atoms with van der Waals surface area (Å²) in [5.74, 6) is 0.121. The molecule has 2 N–H and O–H groups in total. The van der Waals surface area contributed by atoms with Gasteiger partial charge in [-0.3, -0.25) is 4.72 Å². The quantitative estimate of drug-likeness (QED) is 0.359. The van der Waals surface area contributed by atoms with Gasteiger partial charge >= 0.3 is 6.18 Å². The third-order valence-electron chi connectivity index (χ3n) is 5.91. The molecule has 0 unspecified atom stereocenters. The fraction of sp³-hybridized carbons (Fsp3) is 0.375. The Balaban J connectivity index is 1.61. The molecule has 6 nitrogen and oxygen atoms in total. The summed E-state index contributed by atoms with van der Waals surface area (Å²) in [5.41, 5.74) is 0.583. The number of benzene rings is 2. The number of methoxy groups -OCH3 is 1. The summed E-state index contributed by atoms with van der Waals surface area (Å²) >= 11 is 1.46. The van der Waals surface area contributed by atoms with Crippen LogP contribution in [0.5, 0.6) is 5.75 Å². The van der Waals surface area contributed by atoms with Crippen molar-refractivity contribution in [3.8, 4) is 16.2 Å². The highest BCUT2D eigenvalue weighted by molar-refractivity contribution is 7.92. The number of sulfonamides is 1. The highest BCUT2D eigenvalue weighted by atomic mass is 32.2. The summed E-state index contributed by atoms with van der Waals surface area (Å²) in [6, 6.07) is 9.02. The summed E-state index contributed by atoms with van der Waals surface area (Å²) in [6.07, 6.45) is 1.35. The Morgan fingerprint density at radius 2 is 1.74 bits per heavy atom. The van der Waals surface area contributed by atoms with Crippen molar-refractivity contribution < 1.29 is 26.3 Å². The van der Waals surface area contributed by atoms with Crippen LogP contribution in [0.4, 0.5) is 24.0 Å². The molecule has 0 radical (unpaired) electrons. The van der Waals surface area contributed by atoms with Crippen LogP contribution in [0.1, 0.15) is 43.4 Å². The van der Waals surface area contributed by atoms with Crippen LogP contribution in [-0.2, 0) is 16.2 Å². The number of ether oxygens (including phenoxy) is 1. The number of nitrogens with one attached hydrogen (secondary N) is 2. The molecule has 1 saturated carbocycles. The van der Waals surface area contributed by atoms with E-state index < -0.39 is 21.8 Å². The Bertz CT molecular complexity index is 1280. The lowest BCUT2D eigenvalue weighted by Gasteiger charge is -2.22. The summed E-state index contributed by atoms with van der Waals surface area (Å²) in [6.45, 7) is 1.87.